The van der Waals surface area contributed by atoms with E-state index in [0.717, 1.165) is 0 Å². The Morgan fingerprint density at radius 2 is 2.00 bits per heavy atom. The molecule has 80 valence electrons. The van der Waals surface area contributed by atoms with Crippen LogP contribution in [0.25, 0.3) is 0 Å². The summed E-state index contributed by atoms with van der Waals surface area (Å²) >= 11 is -0.676. The summed E-state index contributed by atoms with van der Waals surface area (Å²) in [7, 11) is 0. The van der Waals surface area contributed by atoms with Crippen molar-refractivity contribution in [3.63, 3.8) is 0 Å². The van der Waals surface area contributed by atoms with Gasteiger partial charge in [-0.2, -0.15) is 0 Å². The van der Waals surface area contributed by atoms with Crippen molar-refractivity contribution in [3.05, 3.63) is 42.6 Å². The molecule has 0 N–H and O–H groups in total. The van der Waals surface area contributed by atoms with E-state index in [1.807, 2.05) is 3.33 Å². The summed E-state index contributed by atoms with van der Waals surface area (Å²) in [4.78, 5) is 0. The SMILES string of the molecule is CC(C)(C)C1=[C]([Hf+2][C]2=CC=CC2)CC=C1.[H-].[H-]. The molecule has 0 radical (unpaired) electrons. The van der Waals surface area contributed by atoms with Gasteiger partial charge in [0, 0.05) is 0 Å². The molecule has 0 fully saturated rings. The van der Waals surface area contributed by atoms with Crippen LogP contribution in [0, 0.1) is 5.41 Å². The van der Waals surface area contributed by atoms with Gasteiger partial charge in [0.2, 0.25) is 0 Å². The fourth-order valence-corrected chi connectivity index (χ4v) is 7.81. The Labute approximate surface area is 107 Å². The van der Waals surface area contributed by atoms with Crippen LogP contribution in [0.2, 0.25) is 0 Å². The van der Waals surface area contributed by atoms with Crippen LogP contribution in [0.1, 0.15) is 36.5 Å². The van der Waals surface area contributed by atoms with Crippen LogP contribution in [0.15, 0.2) is 42.6 Å². The van der Waals surface area contributed by atoms with Gasteiger partial charge in [-0.25, -0.2) is 0 Å². The van der Waals surface area contributed by atoms with E-state index in [-0.39, 0.29) is 2.85 Å². The molecule has 0 aromatic carbocycles. The molecule has 0 amide bonds. The quantitative estimate of drug-likeness (QED) is 0.635. The maximum atomic E-state index is 2.37. The minimum Gasteiger partial charge on any atom is -1.00 e. The maximum absolute atomic E-state index is 2.37. The van der Waals surface area contributed by atoms with E-state index >= 15 is 0 Å². The molecule has 0 saturated carbocycles. The van der Waals surface area contributed by atoms with Crippen LogP contribution < -0.4 is 0 Å². The molecule has 0 atom stereocenters. The molecule has 15 heavy (non-hydrogen) atoms. The van der Waals surface area contributed by atoms with Gasteiger partial charge in [0.05, 0.1) is 0 Å². The van der Waals surface area contributed by atoms with Gasteiger partial charge < -0.3 is 2.85 Å². The van der Waals surface area contributed by atoms with E-state index in [0.29, 0.717) is 5.41 Å². The second kappa shape index (κ2) is 4.37. The Bertz CT molecular complexity index is 382. The average Bonchev–Trinajstić information content (AvgIpc) is 2.73. The van der Waals surface area contributed by atoms with Gasteiger partial charge >= 0.3 is 105 Å². The van der Waals surface area contributed by atoms with Crippen molar-refractivity contribution in [2.24, 2.45) is 5.41 Å². The van der Waals surface area contributed by atoms with Gasteiger partial charge in [0.15, 0.2) is 0 Å². The van der Waals surface area contributed by atoms with Crippen molar-refractivity contribution < 1.29 is 25.8 Å². The third kappa shape index (κ3) is 2.69. The molecule has 2 aliphatic rings. The fourth-order valence-electron chi connectivity index (χ4n) is 2.06. The van der Waals surface area contributed by atoms with Gasteiger partial charge in [-0.1, -0.05) is 0 Å². The second-order valence-corrected chi connectivity index (χ2v) is 10.6. The molecule has 0 saturated heterocycles. The van der Waals surface area contributed by atoms with Crippen molar-refractivity contribution in [2.45, 2.75) is 33.6 Å². The van der Waals surface area contributed by atoms with Crippen LogP contribution in [0.4, 0.5) is 0 Å². The maximum Gasteiger partial charge on any atom is -1.00 e. The predicted molar refractivity (Wildman–Crippen MR) is 64.3 cm³/mol. The van der Waals surface area contributed by atoms with Gasteiger partial charge in [-0.3, -0.25) is 0 Å². The van der Waals surface area contributed by atoms with Crippen LogP contribution in [-0.2, 0) is 22.9 Å². The normalized spacial score (nSPS) is 19.8. The first-order valence-electron chi connectivity index (χ1n) is 5.60. The van der Waals surface area contributed by atoms with Crippen molar-refractivity contribution in [1.82, 2.24) is 0 Å². The topological polar surface area (TPSA) is 0 Å². The van der Waals surface area contributed by atoms with Crippen LogP contribution in [-0.4, -0.2) is 0 Å². The summed E-state index contributed by atoms with van der Waals surface area (Å²) in [5, 5.41) is 0. The Morgan fingerprint density at radius 1 is 1.20 bits per heavy atom. The first-order valence-corrected chi connectivity index (χ1v) is 9.19. The third-order valence-electron chi connectivity index (χ3n) is 2.82. The van der Waals surface area contributed by atoms with Crippen molar-refractivity contribution in [1.29, 1.82) is 0 Å². The summed E-state index contributed by atoms with van der Waals surface area (Å²) in [6.07, 6.45) is 14.1. The summed E-state index contributed by atoms with van der Waals surface area (Å²) < 4.78 is 3.58. The van der Waals surface area contributed by atoms with E-state index in [9.17, 15) is 0 Å². The van der Waals surface area contributed by atoms with Gasteiger partial charge in [0.25, 0.3) is 0 Å². The zero-order valence-electron chi connectivity index (χ0n) is 11.8. The molecule has 1 heteroatoms. The molecule has 0 spiro atoms. The van der Waals surface area contributed by atoms with E-state index < -0.39 is 22.9 Å². The van der Waals surface area contributed by atoms with Crippen molar-refractivity contribution >= 4 is 0 Å². The first-order chi connectivity index (χ1) is 7.07. The molecular formula is C14H20Hf. The average molecular weight is 367 g/mol. The van der Waals surface area contributed by atoms with E-state index in [4.69, 9.17) is 0 Å². The molecule has 0 heterocycles. The first kappa shape index (κ1) is 11.3. The number of hydrogen-bond acceptors (Lipinski definition) is 0. The van der Waals surface area contributed by atoms with Crippen LogP contribution in [0.3, 0.4) is 0 Å². The largest absolute Gasteiger partial charge is 1.00 e. The molecule has 0 unspecified atom stereocenters. The summed E-state index contributed by atoms with van der Waals surface area (Å²) in [5.74, 6) is 0. The Balaban J connectivity index is 0.00000128. The summed E-state index contributed by atoms with van der Waals surface area (Å²) in [5.41, 5.74) is 1.99. The zero-order valence-corrected chi connectivity index (χ0v) is 13.4. The molecule has 0 aromatic rings. The third-order valence-corrected chi connectivity index (χ3v) is 8.09. The van der Waals surface area contributed by atoms with Crippen molar-refractivity contribution in [2.75, 3.05) is 0 Å². The molecule has 0 bridgehead atoms. The Hall–Kier alpha value is -0.170. The minimum atomic E-state index is -0.676. The van der Waals surface area contributed by atoms with E-state index in [1.165, 1.54) is 12.8 Å². The van der Waals surface area contributed by atoms with E-state index in [1.54, 1.807) is 8.90 Å². The molecule has 2 aliphatic carbocycles. The molecule has 0 aliphatic heterocycles. The monoisotopic (exact) mass is 368 g/mol. The standard InChI is InChI=1S/C9H13.C5H5.Hf.2H/c1-9(2,3)8-6-4-5-7-8;1-2-4-5-3-1;;;/h4,6H,5H2,1-3H3;1-3H,4H2;;;/q;;+2;2*-1. The molecule has 0 aromatic heterocycles. The number of hydrogen-bond donors (Lipinski definition) is 0. The summed E-state index contributed by atoms with van der Waals surface area (Å²) in [6.45, 7) is 7.01. The van der Waals surface area contributed by atoms with Crippen LogP contribution in [0.5, 0.6) is 0 Å². The van der Waals surface area contributed by atoms with Gasteiger partial charge in [-0.15, -0.1) is 0 Å². The smallest absolute Gasteiger partial charge is 1.00 e. The second-order valence-electron chi connectivity index (χ2n) is 5.20. The number of rotatable bonds is 2. The van der Waals surface area contributed by atoms with Gasteiger partial charge in [-0.05, 0) is 0 Å². The Morgan fingerprint density at radius 3 is 2.60 bits per heavy atom. The van der Waals surface area contributed by atoms with Crippen LogP contribution >= 0.6 is 0 Å². The van der Waals surface area contributed by atoms with Crippen molar-refractivity contribution in [3.8, 4) is 0 Å². The minimum absolute atomic E-state index is 0. The molecule has 0 nitrogen and oxygen atoms in total. The van der Waals surface area contributed by atoms with Gasteiger partial charge in [0.1, 0.15) is 0 Å². The Kier molecular flexibility index (Phi) is 3.30. The molecular weight excluding hydrogens is 347 g/mol. The summed E-state index contributed by atoms with van der Waals surface area (Å²) in [6, 6.07) is 0. The predicted octanol–water partition coefficient (Wildman–Crippen LogP) is 4.40. The molecule has 2 rings (SSSR count). The zero-order chi connectivity index (χ0) is 10.9. The fraction of sp³-hybridized carbons (Fsp3) is 0.429. The van der Waals surface area contributed by atoms with E-state index in [2.05, 4.69) is 51.2 Å². The number of allylic oxidation sites excluding steroid dienone is 8.